The van der Waals surface area contributed by atoms with E-state index in [0.717, 1.165) is 0 Å². The molecule has 0 atom stereocenters. The van der Waals surface area contributed by atoms with Crippen molar-refractivity contribution in [3.05, 3.63) is 109 Å². The first-order valence-corrected chi connectivity index (χ1v) is 11.5. The van der Waals surface area contributed by atoms with Gasteiger partial charge in [0.25, 0.3) is 0 Å². The number of halogens is 4. The average molecular weight is 520 g/mol. The number of hydrogen-bond donors (Lipinski definition) is 0. The number of fused-ring (bicyclic) bond motifs is 1. The second-order valence-electron chi connectivity index (χ2n) is 6.81. The van der Waals surface area contributed by atoms with Crippen molar-refractivity contribution in [2.45, 2.75) is 0 Å². The van der Waals surface area contributed by atoms with Crippen molar-refractivity contribution in [2.24, 2.45) is 0 Å². The van der Waals surface area contributed by atoms with Gasteiger partial charge in [-0.2, -0.15) is 0 Å². The van der Waals surface area contributed by atoms with Crippen LogP contribution >= 0.6 is 54.9 Å². The Bertz CT molecular complexity index is 1390. The SMILES string of the molecule is O=Pc1c(C(=O)c2c(Cl)cccc2Cl)c(C(=O)c2c(Cl)cccc2Cl)cc2ccccc12. The van der Waals surface area contributed by atoms with E-state index in [-0.39, 0.29) is 47.6 Å². The summed E-state index contributed by atoms with van der Waals surface area (Å²) in [5, 5.41) is 1.81. The molecule has 0 aliphatic heterocycles. The van der Waals surface area contributed by atoms with Gasteiger partial charge in [-0.3, -0.25) is 14.2 Å². The van der Waals surface area contributed by atoms with Crippen molar-refractivity contribution in [1.82, 2.24) is 0 Å². The van der Waals surface area contributed by atoms with Gasteiger partial charge < -0.3 is 0 Å². The van der Waals surface area contributed by atoms with Crippen LogP contribution in [0.1, 0.15) is 31.8 Å². The van der Waals surface area contributed by atoms with Crippen LogP contribution in [0.5, 0.6) is 0 Å². The van der Waals surface area contributed by atoms with Gasteiger partial charge in [-0.15, -0.1) is 0 Å². The lowest BCUT2D eigenvalue weighted by molar-refractivity contribution is 0.100. The number of carbonyl (C=O) groups is 2. The fourth-order valence-electron chi connectivity index (χ4n) is 3.52. The van der Waals surface area contributed by atoms with Crippen LogP contribution in [-0.4, -0.2) is 11.6 Å². The molecule has 0 unspecified atom stereocenters. The fraction of sp³-hybridized carbons (Fsp3) is 0. The second-order valence-corrected chi connectivity index (χ2v) is 9.07. The Kier molecular flexibility index (Phi) is 6.67. The van der Waals surface area contributed by atoms with Crippen LogP contribution in [0.3, 0.4) is 0 Å². The van der Waals surface area contributed by atoms with Crippen LogP contribution in [0.4, 0.5) is 0 Å². The van der Waals surface area contributed by atoms with E-state index in [0.29, 0.717) is 10.8 Å². The molecule has 0 aliphatic rings. The second kappa shape index (κ2) is 9.31. The maximum atomic E-state index is 13.7. The Morgan fingerprint density at radius 2 is 1.12 bits per heavy atom. The molecule has 0 saturated heterocycles. The van der Waals surface area contributed by atoms with Crippen LogP contribution < -0.4 is 5.30 Å². The summed E-state index contributed by atoms with van der Waals surface area (Å²) in [6.07, 6.45) is 0. The highest BCUT2D eigenvalue weighted by molar-refractivity contribution is 7.35. The smallest absolute Gasteiger partial charge is 0.197 e. The van der Waals surface area contributed by atoms with Crippen molar-refractivity contribution >= 4 is 82.5 Å². The summed E-state index contributed by atoms with van der Waals surface area (Å²) in [5.41, 5.74) is -0.0244. The van der Waals surface area contributed by atoms with Gasteiger partial charge in [-0.25, -0.2) is 0 Å². The molecule has 0 N–H and O–H groups in total. The third kappa shape index (κ3) is 3.96. The average Bonchev–Trinajstić information content (AvgIpc) is 2.77. The van der Waals surface area contributed by atoms with Gasteiger partial charge in [0.15, 0.2) is 20.0 Å². The van der Waals surface area contributed by atoms with Gasteiger partial charge in [-0.1, -0.05) is 82.8 Å². The predicted octanol–water partition coefficient (Wildman–Crippen LogP) is 7.83. The summed E-state index contributed by atoms with van der Waals surface area (Å²) in [6, 6.07) is 17.9. The van der Waals surface area contributed by atoms with Gasteiger partial charge >= 0.3 is 0 Å². The summed E-state index contributed by atoms with van der Waals surface area (Å²) < 4.78 is 12.3. The zero-order valence-electron chi connectivity index (χ0n) is 16.0. The molecule has 158 valence electrons. The lowest BCUT2D eigenvalue weighted by Crippen LogP contribution is -2.20. The Labute approximate surface area is 205 Å². The predicted molar refractivity (Wildman–Crippen MR) is 131 cm³/mol. The largest absolute Gasteiger partial charge is 0.288 e. The van der Waals surface area contributed by atoms with Crippen molar-refractivity contribution in [1.29, 1.82) is 0 Å². The summed E-state index contributed by atoms with van der Waals surface area (Å²) >= 11 is 25.1. The van der Waals surface area contributed by atoms with E-state index in [4.69, 9.17) is 46.4 Å². The van der Waals surface area contributed by atoms with E-state index in [2.05, 4.69) is 0 Å². The highest BCUT2D eigenvalue weighted by atomic mass is 35.5. The number of hydrogen-bond acceptors (Lipinski definition) is 3. The molecule has 0 radical (unpaired) electrons. The summed E-state index contributed by atoms with van der Waals surface area (Å²) in [4.78, 5) is 27.3. The molecule has 4 aromatic rings. The Morgan fingerprint density at radius 1 is 0.625 bits per heavy atom. The molecule has 8 heteroatoms. The summed E-state index contributed by atoms with van der Waals surface area (Å²) in [6.45, 7) is 0. The van der Waals surface area contributed by atoms with E-state index in [9.17, 15) is 14.2 Å². The van der Waals surface area contributed by atoms with E-state index in [1.807, 2.05) is 0 Å². The van der Waals surface area contributed by atoms with Crippen LogP contribution in [0.2, 0.25) is 20.1 Å². The topological polar surface area (TPSA) is 51.2 Å². The maximum Gasteiger partial charge on any atom is 0.197 e. The third-order valence-corrected chi connectivity index (χ3v) is 6.87. The van der Waals surface area contributed by atoms with Crippen molar-refractivity contribution in [2.75, 3.05) is 0 Å². The van der Waals surface area contributed by atoms with E-state index in [1.54, 1.807) is 42.5 Å². The van der Waals surface area contributed by atoms with E-state index < -0.39 is 20.0 Å². The Hall–Kier alpha value is -2.26. The number of benzene rings is 4. The minimum atomic E-state index is -0.628. The fourth-order valence-corrected chi connectivity index (χ4v) is 5.27. The van der Waals surface area contributed by atoms with Gasteiger partial charge in [-0.05, 0) is 41.1 Å². The molecular weight excluding hydrogens is 509 g/mol. The highest BCUT2D eigenvalue weighted by Crippen LogP contribution is 2.33. The third-order valence-electron chi connectivity index (χ3n) is 4.96. The minimum absolute atomic E-state index is 0.00182. The lowest BCUT2D eigenvalue weighted by atomic mass is 9.90. The quantitative estimate of drug-likeness (QED) is 0.199. The molecule has 0 aromatic heterocycles. The molecule has 0 spiro atoms. The molecule has 0 heterocycles. The molecule has 4 rings (SSSR count). The van der Waals surface area contributed by atoms with Gasteiger partial charge in [0, 0.05) is 11.1 Å². The summed E-state index contributed by atoms with van der Waals surface area (Å²) in [7, 11) is -0.450. The molecule has 0 fully saturated rings. The molecule has 0 amide bonds. The number of ketones is 2. The van der Waals surface area contributed by atoms with Crippen molar-refractivity contribution < 1.29 is 14.2 Å². The minimum Gasteiger partial charge on any atom is -0.288 e. The maximum absolute atomic E-state index is 13.7. The van der Waals surface area contributed by atoms with E-state index >= 15 is 0 Å². The molecule has 4 aromatic carbocycles. The normalized spacial score (nSPS) is 11.1. The van der Waals surface area contributed by atoms with Crippen molar-refractivity contribution in [3.8, 4) is 0 Å². The molecule has 0 saturated carbocycles. The van der Waals surface area contributed by atoms with Crippen molar-refractivity contribution in [3.63, 3.8) is 0 Å². The highest BCUT2D eigenvalue weighted by Gasteiger charge is 2.29. The van der Waals surface area contributed by atoms with Crippen LogP contribution in [0.25, 0.3) is 10.8 Å². The zero-order chi connectivity index (χ0) is 23.0. The van der Waals surface area contributed by atoms with Gasteiger partial charge in [0.1, 0.15) is 0 Å². The molecule has 32 heavy (non-hydrogen) atoms. The van der Waals surface area contributed by atoms with Crippen LogP contribution in [0.15, 0.2) is 66.7 Å². The first-order chi connectivity index (χ1) is 15.3. The van der Waals surface area contributed by atoms with Gasteiger partial charge in [0.2, 0.25) is 0 Å². The summed E-state index contributed by atoms with van der Waals surface area (Å²) in [5.74, 6) is -1.21. The standard InChI is InChI=1S/C24H11Cl4O3P/c25-15-7-3-8-16(26)20(15)22(29)14-11-12-5-1-2-6-13(12)24(32-31)19(14)23(30)21-17(27)9-4-10-18(21)28/h1-11H. The Balaban J connectivity index is 2.10. The Morgan fingerprint density at radius 3 is 1.66 bits per heavy atom. The molecule has 0 bridgehead atoms. The van der Waals surface area contributed by atoms with Gasteiger partial charge in [0.05, 0.1) is 36.5 Å². The molecule has 0 aliphatic carbocycles. The van der Waals surface area contributed by atoms with Crippen LogP contribution in [0, 0.1) is 0 Å². The first-order valence-electron chi connectivity index (χ1n) is 9.21. The molecule has 3 nitrogen and oxygen atoms in total. The monoisotopic (exact) mass is 518 g/mol. The lowest BCUT2D eigenvalue weighted by Gasteiger charge is -2.15. The van der Waals surface area contributed by atoms with E-state index in [1.165, 1.54) is 24.3 Å². The van der Waals surface area contributed by atoms with Crippen LogP contribution in [-0.2, 0) is 4.57 Å². The number of carbonyl (C=O) groups excluding carboxylic acids is 2. The first kappa shape index (κ1) is 22.9. The zero-order valence-corrected chi connectivity index (χ0v) is 20.0. The molecular formula is C24H11Cl4O3P. The number of rotatable bonds is 5.